The third kappa shape index (κ3) is 4.31. The number of hydrogen-bond donors (Lipinski definition) is 1. The second-order valence-electron chi connectivity index (χ2n) is 5.45. The van der Waals surface area contributed by atoms with Crippen LogP contribution in [-0.4, -0.2) is 37.4 Å². The third-order valence-electron chi connectivity index (χ3n) is 3.81. The lowest BCUT2D eigenvalue weighted by molar-refractivity contribution is -0.274. The topological polar surface area (TPSA) is 37.6 Å². The van der Waals surface area contributed by atoms with E-state index in [9.17, 15) is 13.2 Å². The van der Waals surface area contributed by atoms with Crippen molar-refractivity contribution in [3.05, 3.63) is 52.4 Å². The first-order valence-corrected chi connectivity index (χ1v) is 8.27. The molecular weight excluding hydrogens is 389 g/mol. The van der Waals surface area contributed by atoms with Gasteiger partial charge in [0.25, 0.3) is 0 Å². The maximum Gasteiger partial charge on any atom is 0.573 e. The summed E-state index contributed by atoms with van der Waals surface area (Å²) >= 11 is 3.30. The molecule has 0 saturated carbocycles. The van der Waals surface area contributed by atoms with Crippen LogP contribution in [0.15, 0.2) is 45.5 Å². The van der Waals surface area contributed by atoms with E-state index >= 15 is 0 Å². The molecule has 1 aromatic heterocycles. The maximum atomic E-state index is 12.3. The zero-order valence-corrected chi connectivity index (χ0v) is 14.2. The Labute approximate surface area is 145 Å². The number of nitrogens with one attached hydrogen (secondary N) is 1. The Morgan fingerprint density at radius 3 is 2.29 bits per heavy atom. The molecule has 1 atom stereocenters. The van der Waals surface area contributed by atoms with Gasteiger partial charge in [-0.25, -0.2) is 0 Å². The van der Waals surface area contributed by atoms with Gasteiger partial charge in [-0.2, -0.15) is 0 Å². The van der Waals surface area contributed by atoms with Crippen LogP contribution in [0.1, 0.15) is 17.4 Å². The molecule has 0 aliphatic carbocycles. The van der Waals surface area contributed by atoms with Gasteiger partial charge in [-0.1, -0.05) is 12.1 Å². The molecule has 1 aliphatic rings. The largest absolute Gasteiger partial charge is 0.573 e. The number of benzene rings is 1. The molecule has 0 radical (unpaired) electrons. The third-order valence-corrected chi connectivity index (χ3v) is 4.24. The smallest absolute Gasteiger partial charge is 0.452 e. The van der Waals surface area contributed by atoms with Crippen LogP contribution in [0, 0.1) is 0 Å². The molecule has 8 heteroatoms. The lowest BCUT2D eigenvalue weighted by Crippen LogP contribution is -2.45. The molecule has 2 aromatic rings. The minimum atomic E-state index is -4.69. The highest BCUT2D eigenvalue weighted by atomic mass is 79.9. The van der Waals surface area contributed by atoms with Crippen molar-refractivity contribution in [1.29, 1.82) is 0 Å². The van der Waals surface area contributed by atoms with Crippen LogP contribution in [0.5, 0.6) is 5.75 Å². The van der Waals surface area contributed by atoms with Gasteiger partial charge in [-0.15, -0.1) is 13.2 Å². The molecule has 0 bridgehead atoms. The van der Waals surface area contributed by atoms with E-state index in [1.54, 1.807) is 12.1 Å². The fourth-order valence-electron chi connectivity index (χ4n) is 2.82. The van der Waals surface area contributed by atoms with Crippen molar-refractivity contribution in [2.24, 2.45) is 0 Å². The fourth-order valence-corrected chi connectivity index (χ4v) is 3.14. The highest BCUT2D eigenvalue weighted by Gasteiger charge is 2.31. The van der Waals surface area contributed by atoms with Crippen LogP contribution < -0.4 is 10.1 Å². The quantitative estimate of drug-likeness (QED) is 0.837. The van der Waals surface area contributed by atoms with Gasteiger partial charge < -0.3 is 14.5 Å². The zero-order valence-electron chi connectivity index (χ0n) is 12.6. The number of furan rings is 1. The molecule has 1 aliphatic heterocycles. The van der Waals surface area contributed by atoms with Crippen molar-refractivity contribution in [2.45, 2.75) is 12.4 Å². The highest BCUT2D eigenvalue weighted by molar-refractivity contribution is 9.10. The molecule has 24 heavy (non-hydrogen) atoms. The highest BCUT2D eigenvalue weighted by Crippen LogP contribution is 2.33. The first-order chi connectivity index (χ1) is 11.4. The number of rotatable bonds is 4. The van der Waals surface area contributed by atoms with Crippen LogP contribution in [0.4, 0.5) is 13.2 Å². The second kappa shape index (κ2) is 7.16. The van der Waals surface area contributed by atoms with Crippen molar-refractivity contribution < 1.29 is 22.3 Å². The number of nitrogens with zero attached hydrogens (tertiary/aromatic N) is 1. The summed E-state index contributed by atoms with van der Waals surface area (Å²) < 4.78 is 47.2. The Bertz CT molecular complexity index is 667. The Hall–Kier alpha value is -1.51. The summed E-state index contributed by atoms with van der Waals surface area (Å²) in [6.07, 6.45) is -4.69. The van der Waals surface area contributed by atoms with Crippen LogP contribution >= 0.6 is 15.9 Å². The summed E-state index contributed by atoms with van der Waals surface area (Å²) in [5, 5.41) is 3.29. The summed E-state index contributed by atoms with van der Waals surface area (Å²) in [5.74, 6) is 0.513. The molecule has 0 amide bonds. The average Bonchev–Trinajstić information content (AvgIpc) is 2.95. The van der Waals surface area contributed by atoms with Crippen molar-refractivity contribution in [1.82, 2.24) is 10.2 Å². The number of ether oxygens (including phenoxy) is 1. The summed E-state index contributed by atoms with van der Waals surface area (Å²) in [6.45, 7) is 3.36. The number of hydrogen-bond acceptors (Lipinski definition) is 4. The monoisotopic (exact) mass is 404 g/mol. The average molecular weight is 405 g/mol. The molecule has 3 rings (SSSR count). The lowest BCUT2D eigenvalue weighted by atomic mass is 10.0. The number of halogens is 4. The van der Waals surface area contributed by atoms with Crippen molar-refractivity contribution in [3.8, 4) is 5.75 Å². The van der Waals surface area contributed by atoms with E-state index < -0.39 is 6.36 Å². The van der Waals surface area contributed by atoms with Gasteiger partial charge in [-0.05, 0) is 45.8 Å². The summed E-state index contributed by atoms with van der Waals surface area (Å²) in [4.78, 5) is 2.24. The molecule has 1 saturated heterocycles. The molecule has 1 N–H and O–H groups in total. The van der Waals surface area contributed by atoms with E-state index in [-0.39, 0.29) is 11.8 Å². The molecule has 1 fully saturated rings. The molecule has 0 spiro atoms. The molecule has 0 unspecified atom stereocenters. The summed E-state index contributed by atoms with van der Waals surface area (Å²) in [7, 11) is 0. The molecule has 4 nitrogen and oxygen atoms in total. The standard InChI is InChI=1S/C16H16BrF3N2O2/c17-14-6-5-13(23-14)15(22-9-7-21-8-10-22)11-1-3-12(4-2-11)24-16(18,19)20/h1-6,15,21H,7-10H2/t15-/m1/s1. The van der Waals surface area contributed by atoms with Gasteiger partial charge in [0.15, 0.2) is 4.67 Å². The Kier molecular flexibility index (Phi) is 5.17. The van der Waals surface area contributed by atoms with Gasteiger partial charge in [-0.3, -0.25) is 4.90 Å². The van der Waals surface area contributed by atoms with Gasteiger partial charge in [0.05, 0.1) is 6.04 Å². The van der Waals surface area contributed by atoms with E-state index in [4.69, 9.17) is 4.42 Å². The normalized spacial score (nSPS) is 17.7. The predicted molar refractivity (Wildman–Crippen MR) is 85.8 cm³/mol. The van der Waals surface area contributed by atoms with Gasteiger partial charge in [0.2, 0.25) is 0 Å². The van der Waals surface area contributed by atoms with E-state index in [0.29, 0.717) is 4.67 Å². The minimum Gasteiger partial charge on any atom is -0.452 e. The maximum absolute atomic E-state index is 12.3. The fraction of sp³-hybridized carbons (Fsp3) is 0.375. The predicted octanol–water partition coefficient (Wildman–Crippen LogP) is 3.94. The Morgan fingerprint density at radius 2 is 1.75 bits per heavy atom. The SMILES string of the molecule is FC(F)(F)Oc1ccc([C@H](c2ccc(Br)o2)N2CCNCC2)cc1. The number of piperazine rings is 1. The van der Waals surface area contributed by atoms with Gasteiger partial charge >= 0.3 is 6.36 Å². The van der Waals surface area contributed by atoms with E-state index in [1.807, 2.05) is 12.1 Å². The Morgan fingerprint density at radius 1 is 1.08 bits per heavy atom. The molecule has 2 heterocycles. The van der Waals surface area contributed by atoms with Crippen molar-refractivity contribution in [2.75, 3.05) is 26.2 Å². The zero-order chi connectivity index (χ0) is 17.2. The first kappa shape index (κ1) is 17.3. The van der Waals surface area contributed by atoms with E-state index in [0.717, 1.165) is 37.5 Å². The van der Waals surface area contributed by atoms with Crippen LogP contribution in [0.25, 0.3) is 0 Å². The minimum absolute atomic E-state index is 0.154. The molecule has 1 aromatic carbocycles. The lowest BCUT2D eigenvalue weighted by Gasteiger charge is -2.34. The van der Waals surface area contributed by atoms with E-state index in [1.165, 1.54) is 12.1 Å². The molecular formula is C16H16BrF3N2O2. The van der Waals surface area contributed by atoms with E-state index in [2.05, 4.69) is 30.9 Å². The van der Waals surface area contributed by atoms with Crippen LogP contribution in [-0.2, 0) is 0 Å². The van der Waals surface area contributed by atoms with Crippen LogP contribution in [0.2, 0.25) is 0 Å². The van der Waals surface area contributed by atoms with Crippen LogP contribution in [0.3, 0.4) is 0 Å². The second-order valence-corrected chi connectivity index (χ2v) is 6.23. The summed E-state index contributed by atoms with van der Waals surface area (Å²) in [6, 6.07) is 9.47. The molecule has 130 valence electrons. The Balaban J connectivity index is 1.87. The summed E-state index contributed by atoms with van der Waals surface area (Å²) in [5.41, 5.74) is 0.855. The van der Waals surface area contributed by atoms with Crippen molar-refractivity contribution >= 4 is 15.9 Å². The number of alkyl halides is 3. The first-order valence-electron chi connectivity index (χ1n) is 7.48. The van der Waals surface area contributed by atoms with Crippen molar-refractivity contribution in [3.63, 3.8) is 0 Å². The van der Waals surface area contributed by atoms with Gasteiger partial charge in [0, 0.05) is 26.2 Å². The van der Waals surface area contributed by atoms with Gasteiger partial charge in [0.1, 0.15) is 11.5 Å².